The number of rotatable bonds is 4. The highest BCUT2D eigenvalue weighted by atomic mass is 16.7. The second-order valence-corrected chi connectivity index (χ2v) is 11.0. The van der Waals surface area contributed by atoms with Crippen LogP contribution in [0.1, 0.15) is 60.8 Å². The van der Waals surface area contributed by atoms with E-state index >= 15 is 0 Å². The first-order valence-electron chi connectivity index (χ1n) is 12.7. The van der Waals surface area contributed by atoms with Gasteiger partial charge in [0.1, 0.15) is 12.4 Å². The van der Waals surface area contributed by atoms with Gasteiger partial charge in [0.25, 0.3) is 0 Å². The van der Waals surface area contributed by atoms with Gasteiger partial charge in [0.05, 0.1) is 13.2 Å². The van der Waals surface area contributed by atoms with Crippen LogP contribution >= 0.6 is 0 Å². The maximum Gasteiger partial charge on any atom is 0.174 e. The molecule has 4 nitrogen and oxygen atoms in total. The zero-order chi connectivity index (χ0) is 22.6. The molecule has 4 heteroatoms. The fraction of sp³-hybridized carbons (Fsp3) is 0.586. The van der Waals surface area contributed by atoms with E-state index in [-0.39, 0.29) is 17.9 Å². The van der Waals surface area contributed by atoms with Gasteiger partial charge in [-0.3, -0.25) is 0 Å². The van der Waals surface area contributed by atoms with Crippen LogP contribution in [0.3, 0.4) is 0 Å². The molecule has 1 spiro atoms. The predicted molar refractivity (Wildman–Crippen MR) is 127 cm³/mol. The van der Waals surface area contributed by atoms with Gasteiger partial charge in [0.15, 0.2) is 5.79 Å². The third-order valence-corrected chi connectivity index (χ3v) is 9.41. The lowest BCUT2D eigenvalue weighted by Gasteiger charge is -2.53. The van der Waals surface area contributed by atoms with Gasteiger partial charge in [0.2, 0.25) is 0 Å². The molecular formula is C29H36O4. The third kappa shape index (κ3) is 3.29. The minimum absolute atomic E-state index is 0.0106. The van der Waals surface area contributed by atoms with Crippen molar-refractivity contribution in [3.8, 4) is 5.75 Å². The number of hydrogen-bond acceptors (Lipinski definition) is 4. The molecule has 5 atom stereocenters. The maximum atomic E-state index is 10.4. The number of benzene rings is 2. The van der Waals surface area contributed by atoms with Crippen LogP contribution in [0, 0.1) is 30.1 Å². The van der Waals surface area contributed by atoms with Crippen LogP contribution in [0.2, 0.25) is 0 Å². The quantitative estimate of drug-likeness (QED) is 0.681. The normalized spacial score (nSPS) is 34.0. The Bertz CT molecular complexity index is 1010. The minimum Gasteiger partial charge on any atom is -0.489 e. The molecule has 2 aromatic carbocycles. The molecule has 2 aromatic rings. The first-order chi connectivity index (χ1) is 16.0. The van der Waals surface area contributed by atoms with Crippen LogP contribution in [0.4, 0.5) is 0 Å². The Kier molecular flexibility index (Phi) is 5.32. The summed E-state index contributed by atoms with van der Waals surface area (Å²) in [7, 11) is 0. The smallest absolute Gasteiger partial charge is 0.174 e. The molecule has 1 heterocycles. The van der Waals surface area contributed by atoms with Gasteiger partial charge in [-0.1, -0.05) is 43.3 Å². The number of hydrogen-bond donors (Lipinski definition) is 1. The SMILES string of the molecule is Cc1cc2c(cc1OCc1ccccc1)CC[C@H]1[C@@H]3[C@@H](CO)CC4(OCCO4)[C@@]3(C)CC[C@H]21. The average molecular weight is 449 g/mol. The first kappa shape index (κ1) is 21.6. The largest absolute Gasteiger partial charge is 0.489 e. The number of ether oxygens (including phenoxy) is 3. The molecule has 1 aliphatic heterocycles. The van der Waals surface area contributed by atoms with Crippen LogP contribution in [0.5, 0.6) is 5.75 Å². The molecule has 3 fully saturated rings. The highest BCUT2D eigenvalue weighted by molar-refractivity contribution is 5.46. The Morgan fingerprint density at radius 1 is 1.09 bits per heavy atom. The van der Waals surface area contributed by atoms with E-state index in [0.717, 1.165) is 25.0 Å². The van der Waals surface area contributed by atoms with Crippen molar-refractivity contribution in [1.82, 2.24) is 0 Å². The minimum atomic E-state index is -0.485. The standard InChI is InChI=1S/C29H36O4/c1-19-14-25-21(15-26(19)31-18-20-6-4-3-5-7-20)8-9-24-23(25)10-11-28(2)27(24)22(17-30)16-29(28)32-12-13-33-29/h3-7,14-15,22-24,27,30H,8-13,16-18H2,1-2H3/t22-,23+,24-,27+,28+/m1/s1. The van der Waals surface area contributed by atoms with Gasteiger partial charge in [-0.15, -0.1) is 0 Å². The summed E-state index contributed by atoms with van der Waals surface area (Å²) in [4.78, 5) is 0. The van der Waals surface area contributed by atoms with Crippen LogP contribution in [-0.2, 0) is 22.5 Å². The summed E-state index contributed by atoms with van der Waals surface area (Å²) < 4.78 is 18.8. The topological polar surface area (TPSA) is 47.9 Å². The molecule has 0 amide bonds. The van der Waals surface area contributed by atoms with Crippen LogP contribution in [0.15, 0.2) is 42.5 Å². The summed E-state index contributed by atoms with van der Waals surface area (Å²) >= 11 is 0. The molecule has 2 saturated carbocycles. The summed E-state index contributed by atoms with van der Waals surface area (Å²) in [6.07, 6.45) is 5.36. The van der Waals surface area contributed by atoms with Gasteiger partial charge in [-0.25, -0.2) is 0 Å². The summed E-state index contributed by atoms with van der Waals surface area (Å²) in [5.41, 5.74) is 5.38. The van der Waals surface area contributed by atoms with E-state index in [1.54, 1.807) is 0 Å². The highest BCUT2D eigenvalue weighted by Crippen LogP contribution is 2.68. The molecule has 0 unspecified atom stereocenters. The zero-order valence-electron chi connectivity index (χ0n) is 19.9. The lowest BCUT2D eigenvalue weighted by molar-refractivity contribution is -0.237. The second kappa shape index (κ2) is 8.11. The average Bonchev–Trinajstić information content (AvgIpc) is 3.41. The number of aryl methyl sites for hydroxylation is 2. The molecule has 6 rings (SSSR count). The van der Waals surface area contributed by atoms with Crippen molar-refractivity contribution in [2.75, 3.05) is 19.8 Å². The van der Waals surface area contributed by atoms with Gasteiger partial charge < -0.3 is 19.3 Å². The predicted octanol–water partition coefficient (Wildman–Crippen LogP) is 5.39. The van der Waals surface area contributed by atoms with Gasteiger partial charge >= 0.3 is 0 Å². The number of fused-ring (bicyclic) bond motifs is 6. The van der Waals surface area contributed by atoms with Crippen molar-refractivity contribution in [2.24, 2.45) is 23.2 Å². The Labute approximate surface area is 197 Å². The Balaban J connectivity index is 1.28. The number of aliphatic hydroxyl groups excluding tert-OH is 1. The van der Waals surface area contributed by atoms with Crippen molar-refractivity contribution in [3.05, 3.63) is 64.7 Å². The second-order valence-electron chi connectivity index (χ2n) is 11.0. The molecular weight excluding hydrogens is 412 g/mol. The van der Waals surface area contributed by atoms with E-state index < -0.39 is 5.79 Å². The summed E-state index contributed by atoms with van der Waals surface area (Å²) in [6, 6.07) is 15.1. The van der Waals surface area contributed by atoms with Crippen molar-refractivity contribution in [1.29, 1.82) is 0 Å². The molecule has 0 aromatic heterocycles. The van der Waals surface area contributed by atoms with E-state index in [0.29, 0.717) is 37.6 Å². The monoisotopic (exact) mass is 448 g/mol. The fourth-order valence-electron chi connectivity index (χ4n) is 7.95. The summed E-state index contributed by atoms with van der Waals surface area (Å²) in [6.45, 7) is 6.77. The van der Waals surface area contributed by atoms with E-state index in [9.17, 15) is 5.11 Å². The molecule has 176 valence electrons. The molecule has 3 aliphatic carbocycles. The fourth-order valence-corrected chi connectivity index (χ4v) is 7.95. The third-order valence-electron chi connectivity index (χ3n) is 9.41. The maximum absolute atomic E-state index is 10.4. The summed E-state index contributed by atoms with van der Waals surface area (Å²) in [5.74, 6) is 2.37. The van der Waals surface area contributed by atoms with E-state index in [2.05, 4.69) is 50.2 Å². The highest BCUT2D eigenvalue weighted by Gasteiger charge is 2.68. The van der Waals surface area contributed by atoms with Crippen molar-refractivity contribution < 1.29 is 19.3 Å². The Morgan fingerprint density at radius 3 is 2.64 bits per heavy atom. The molecule has 1 N–H and O–H groups in total. The summed E-state index contributed by atoms with van der Waals surface area (Å²) in [5, 5.41) is 10.4. The number of aliphatic hydroxyl groups is 1. The van der Waals surface area contributed by atoms with E-state index in [1.807, 2.05) is 6.07 Å². The molecule has 4 aliphatic rings. The van der Waals surface area contributed by atoms with Gasteiger partial charge in [0, 0.05) is 18.4 Å². The zero-order valence-corrected chi connectivity index (χ0v) is 19.9. The molecule has 0 bridgehead atoms. The van der Waals surface area contributed by atoms with Crippen molar-refractivity contribution in [2.45, 2.75) is 64.3 Å². The van der Waals surface area contributed by atoms with Crippen molar-refractivity contribution in [3.63, 3.8) is 0 Å². The molecule has 1 saturated heterocycles. The van der Waals surface area contributed by atoms with Gasteiger partial charge in [-0.05, 0) is 84.6 Å². The first-order valence-corrected chi connectivity index (χ1v) is 12.7. The molecule has 33 heavy (non-hydrogen) atoms. The van der Waals surface area contributed by atoms with E-state index in [1.165, 1.54) is 35.1 Å². The van der Waals surface area contributed by atoms with Crippen LogP contribution in [-0.4, -0.2) is 30.7 Å². The lowest BCUT2D eigenvalue weighted by atomic mass is 9.53. The lowest BCUT2D eigenvalue weighted by Crippen LogP contribution is -2.52. The Hall–Kier alpha value is -1.88. The van der Waals surface area contributed by atoms with Gasteiger partial charge in [-0.2, -0.15) is 0 Å². The van der Waals surface area contributed by atoms with Crippen molar-refractivity contribution >= 4 is 0 Å². The Morgan fingerprint density at radius 2 is 1.88 bits per heavy atom. The van der Waals surface area contributed by atoms with E-state index in [4.69, 9.17) is 14.2 Å². The molecule has 0 radical (unpaired) electrons. The van der Waals surface area contributed by atoms with Crippen LogP contribution < -0.4 is 4.74 Å². The van der Waals surface area contributed by atoms with Crippen LogP contribution in [0.25, 0.3) is 0 Å².